The number of carbonyl (C=O) groups excluding carboxylic acids is 1. The Morgan fingerprint density at radius 2 is 1.82 bits per heavy atom. The summed E-state index contributed by atoms with van der Waals surface area (Å²) in [6.45, 7) is 4.08. The first kappa shape index (κ1) is 12.2. The van der Waals surface area contributed by atoms with Crippen molar-refractivity contribution >= 4 is 23.0 Å². The van der Waals surface area contributed by atoms with Crippen LogP contribution in [0.2, 0.25) is 0 Å². The summed E-state index contributed by atoms with van der Waals surface area (Å²) in [6.07, 6.45) is 2.25. The minimum absolute atomic E-state index is 0.0184. The fourth-order valence-electron chi connectivity index (χ4n) is 2.07. The molecule has 1 aliphatic rings. The number of hydrogen-bond donors (Lipinski definition) is 0. The number of nitrogens with zero attached hydrogens (tertiary/aromatic N) is 1. The fraction of sp³-hybridized carbons (Fsp3) is 0.429. The van der Waals surface area contributed by atoms with Gasteiger partial charge in [-0.1, -0.05) is 49.5 Å². The van der Waals surface area contributed by atoms with Gasteiger partial charge in [0.2, 0.25) is 5.78 Å². The van der Waals surface area contributed by atoms with Gasteiger partial charge in [0.25, 0.3) is 0 Å². The van der Waals surface area contributed by atoms with Crippen LogP contribution >= 0.6 is 12.2 Å². The SMILES string of the molecule is CC1CCN(C(=S)C(=O)c2ccccc2)CC1. The molecule has 0 spiro atoms. The van der Waals surface area contributed by atoms with E-state index in [1.54, 1.807) is 0 Å². The summed E-state index contributed by atoms with van der Waals surface area (Å²) in [4.78, 5) is 14.7. The Morgan fingerprint density at radius 1 is 1.24 bits per heavy atom. The van der Waals surface area contributed by atoms with Crippen LogP contribution in [-0.2, 0) is 0 Å². The summed E-state index contributed by atoms with van der Waals surface area (Å²) in [6, 6.07) is 9.28. The molecular weight excluding hydrogens is 230 g/mol. The number of piperidine rings is 1. The van der Waals surface area contributed by atoms with E-state index in [1.165, 1.54) is 0 Å². The lowest BCUT2D eigenvalue weighted by molar-refractivity contribution is 0.104. The minimum atomic E-state index is -0.0184. The number of rotatable bonds is 2. The van der Waals surface area contributed by atoms with Gasteiger partial charge in [0, 0.05) is 18.7 Å². The van der Waals surface area contributed by atoms with Crippen LogP contribution in [0.1, 0.15) is 30.1 Å². The lowest BCUT2D eigenvalue weighted by atomic mass is 9.98. The molecule has 17 heavy (non-hydrogen) atoms. The number of Topliss-reactive ketones (excluding diaryl/α,β-unsaturated/α-hetero) is 1. The number of thiocarbonyl (C=S) groups is 1. The molecule has 90 valence electrons. The maximum Gasteiger partial charge on any atom is 0.220 e. The van der Waals surface area contributed by atoms with E-state index < -0.39 is 0 Å². The third kappa shape index (κ3) is 2.91. The zero-order chi connectivity index (χ0) is 12.3. The first-order valence-electron chi connectivity index (χ1n) is 6.07. The van der Waals surface area contributed by atoms with Gasteiger partial charge >= 0.3 is 0 Å². The Balaban J connectivity index is 2.03. The third-order valence-electron chi connectivity index (χ3n) is 3.30. The Kier molecular flexibility index (Phi) is 3.89. The summed E-state index contributed by atoms with van der Waals surface area (Å²) >= 11 is 5.29. The van der Waals surface area contributed by atoms with Crippen molar-refractivity contribution in [2.45, 2.75) is 19.8 Å². The van der Waals surface area contributed by atoms with E-state index in [9.17, 15) is 4.79 Å². The second kappa shape index (κ2) is 5.41. The van der Waals surface area contributed by atoms with Crippen molar-refractivity contribution in [3.8, 4) is 0 Å². The van der Waals surface area contributed by atoms with Crippen LogP contribution in [0.5, 0.6) is 0 Å². The molecule has 0 amide bonds. The molecular formula is C14H17NOS. The van der Waals surface area contributed by atoms with E-state index in [0.717, 1.165) is 31.8 Å². The third-order valence-corrected chi connectivity index (χ3v) is 3.74. The predicted molar refractivity (Wildman–Crippen MR) is 73.3 cm³/mol. The van der Waals surface area contributed by atoms with Crippen LogP contribution in [0.3, 0.4) is 0 Å². The van der Waals surface area contributed by atoms with Crippen molar-refractivity contribution in [3.05, 3.63) is 35.9 Å². The highest BCUT2D eigenvalue weighted by Crippen LogP contribution is 2.17. The van der Waals surface area contributed by atoms with E-state index >= 15 is 0 Å². The van der Waals surface area contributed by atoms with Crippen molar-refractivity contribution in [3.63, 3.8) is 0 Å². The molecule has 1 fully saturated rings. The molecule has 1 aliphatic heterocycles. The summed E-state index contributed by atoms with van der Waals surface area (Å²) < 4.78 is 0. The monoisotopic (exact) mass is 247 g/mol. The van der Waals surface area contributed by atoms with Gasteiger partial charge in [0.15, 0.2) is 4.99 Å². The maximum absolute atomic E-state index is 12.1. The number of carbonyl (C=O) groups is 1. The lowest BCUT2D eigenvalue weighted by Crippen LogP contribution is -2.40. The molecule has 3 heteroatoms. The van der Waals surface area contributed by atoms with E-state index in [0.29, 0.717) is 10.6 Å². The summed E-state index contributed by atoms with van der Waals surface area (Å²) in [5, 5.41) is 0. The van der Waals surface area contributed by atoms with Crippen molar-refractivity contribution in [1.29, 1.82) is 0 Å². The van der Waals surface area contributed by atoms with Gasteiger partial charge in [0.1, 0.15) is 0 Å². The molecule has 0 aliphatic carbocycles. The topological polar surface area (TPSA) is 20.3 Å². The molecule has 0 bridgehead atoms. The number of likely N-dealkylation sites (tertiary alicyclic amines) is 1. The van der Waals surface area contributed by atoms with Crippen LogP contribution in [0.15, 0.2) is 30.3 Å². The maximum atomic E-state index is 12.1. The highest BCUT2D eigenvalue weighted by Gasteiger charge is 2.22. The lowest BCUT2D eigenvalue weighted by Gasteiger charge is -2.31. The highest BCUT2D eigenvalue weighted by molar-refractivity contribution is 7.82. The molecule has 0 atom stereocenters. The summed E-state index contributed by atoms with van der Waals surface area (Å²) in [5.74, 6) is 0.732. The molecule has 1 saturated heterocycles. The largest absolute Gasteiger partial charge is 0.360 e. The minimum Gasteiger partial charge on any atom is -0.360 e. The van der Waals surface area contributed by atoms with E-state index in [-0.39, 0.29) is 5.78 Å². The van der Waals surface area contributed by atoms with Gasteiger partial charge in [-0.05, 0) is 18.8 Å². The Hall–Kier alpha value is -1.22. The van der Waals surface area contributed by atoms with Crippen molar-refractivity contribution < 1.29 is 4.79 Å². The van der Waals surface area contributed by atoms with Crippen LogP contribution < -0.4 is 0 Å². The molecule has 0 aromatic heterocycles. The molecule has 2 nitrogen and oxygen atoms in total. The smallest absolute Gasteiger partial charge is 0.220 e. The standard InChI is InChI=1S/C14H17NOS/c1-11-7-9-15(10-8-11)14(17)13(16)12-5-3-2-4-6-12/h2-6,11H,7-10H2,1H3. The first-order chi connectivity index (χ1) is 8.18. The van der Waals surface area contributed by atoms with Crippen molar-refractivity contribution in [1.82, 2.24) is 4.90 Å². The first-order valence-corrected chi connectivity index (χ1v) is 6.48. The van der Waals surface area contributed by atoms with Gasteiger partial charge < -0.3 is 4.90 Å². The highest BCUT2D eigenvalue weighted by atomic mass is 32.1. The zero-order valence-electron chi connectivity index (χ0n) is 10.1. The van der Waals surface area contributed by atoms with Gasteiger partial charge in [-0.25, -0.2) is 0 Å². The molecule has 0 unspecified atom stereocenters. The van der Waals surface area contributed by atoms with Crippen LogP contribution in [0.4, 0.5) is 0 Å². The van der Waals surface area contributed by atoms with Gasteiger partial charge in [-0.3, -0.25) is 4.79 Å². The predicted octanol–water partition coefficient (Wildman–Crippen LogP) is 2.93. The molecule has 1 aromatic carbocycles. The van der Waals surface area contributed by atoms with Crippen LogP contribution in [0, 0.1) is 5.92 Å². The molecule has 1 aromatic rings. The van der Waals surface area contributed by atoms with Gasteiger partial charge in [-0.2, -0.15) is 0 Å². The average molecular weight is 247 g/mol. The van der Waals surface area contributed by atoms with Crippen LogP contribution in [-0.4, -0.2) is 28.8 Å². The number of ketones is 1. The molecule has 0 radical (unpaired) electrons. The van der Waals surface area contributed by atoms with E-state index in [4.69, 9.17) is 12.2 Å². The molecule has 1 heterocycles. The second-order valence-electron chi connectivity index (χ2n) is 4.67. The Bertz CT molecular complexity index is 407. The quantitative estimate of drug-likeness (QED) is 0.592. The van der Waals surface area contributed by atoms with Gasteiger partial charge in [-0.15, -0.1) is 0 Å². The number of hydrogen-bond acceptors (Lipinski definition) is 2. The van der Waals surface area contributed by atoms with Crippen molar-refractivity contribution in [2.24, 2.45) is 5.92 Å². The second-order valence-corrected chi connectivity index (χ2v) is 5.06. The molecule has 0 N–H and O–H groups in total. The normalized spacial score (nSPS) is 16.9. The summed E-state index contributed by atoms with van der Waals surface area (Å²) in [5.41, 5.74) is 0.691. The van der Waals surface area contributed by atoms with Gasteiger partial charge in [0.05, 0.1) is 0 Å². The number of benzene rings is 1. The fourth-order valence-corrected chi connectivity index (χ4v) is 2.37. The zero-order valence-corrected chi connectivity index (χ0v) is 10.9. The van der Waals surface area contributed by atoms with E-state index in [1.807, 2.05) is 35.2 Å². The van der Waals surface area contributed by atoms with Crippen LogP contribution in [0.25, 0.3) is 0 Å². The molecule has 2 rings (SSSR count). The Morgan fingerprint density at radius 3 is 2.41 bits per heavy atom. The average Bonchev–Trinajstić information content (AvgIpc) is 2.39. The summed E-state index contributed by atoms with van der Waals surface area (Å²) in [7, 11) is 0. The Labute approximate surface area is 108 Å². The molecule has 0 saturated carbocycles. The van der Waals surface area contributed by atoms with E-state index in [2.05, 4.69) is 6.92 Å². The van der Waals surface area contributed by atoms with Crippen molar-refractivity contribution in [2.75, 3.05) is 13.1 Å².